The maximum absolute atomic E-state index is 5.13. The van der Waals surface area contributed by atoms with Gasteiger partial charge >= 0.3 is 0 Å². The second-order valence-corrected chi connectivity index (χ2v) is 3.31. The fourth-order valence-electron chi connectivity index (χ4n) is 1.66. The molecule has 2 heteroatoms. The Morgan fingerprint density at radius 1 is 1.50 bits per heavy atom. The lowest BCUT2D eigenvalue weighted by Gasteiger charge is -2.16. The molecule has 0 aliphatic carbocycles. The van der Waals surface area contributed by atoms with E-state index in [1.54, 1.807) is 0 Å². The van der Waals surface area contributed by atoms with E-state index in [0.717, 1.165) is 5.71 Å². The molecule has 0 fully saturated rings. The summed E-state index contributed by atoms with van der Waals surface area (Å²) in [6.45, 7) is 8.52. The van der Waals surface area contributed by atoms with Crippen LogP contribution in [0.2, 0.25) is 0 Å². The average molecular weight is 141 g/mol. The summed E-state index contributed by atoms with van der Waals surface area (Å²) in [4.78, 5) is 5.13. The van der Waals surface area contributed by atoms with Crippen LogP contribution in [0, 0.1) is 11.8 Å². The molecule has 10 heavy (non-hydrogen) atoms. The van der Waals surface area contributed by atoms with E-state index >= 15 is 0 Å². The topological polar surface area (TPSA) is 21.6 Å². The van der Waals surface area contributed by atoms with E-state index in [1.807, 2.05) is 6.92 Å². The van der Waals surface area contributed by atoms with Crippen molar-refractivity contribution in [2.24, 2.45) is 17.0 Å². The first-order valence-corrected chi connectivity index (χ1v) is 3.83. The van der Waals surface area contributed by atoms with E-state index < -0.39 is 0 Å². The molecule has 0 aromatic carbocycles. The summed E-state index contributed by atoms with van der Waals surface area (Å²) in [7, 11) is 0. The van der Waals surface area contributed by atoms with Crippen molar-refractivity contribution in [3.8, 4) is 0 Å². The first kappa shape index (κ1) is 7.58. The van der Waals surface area contributed by atoms with Crippen LogP contribution < -0.4 is 0 Å². The SMILES string of the molecule is CC1=NOC(C)C1C(C)C. The molecule has 58 valence electrons. The standard InChI is InChI=1S/C8H15NO/c1-5(2)8-6(3)9-10-7(8)4/h5,7-8H,1-4H3. The lowest BCUT2D eigenvalue weighted by Crippen LogP contribution is -2.24. The summed E-state index contributed by atoms with van der Waals surface area (Å²) in [5, 5.41) is 3.94. The maximum atomic E-state index is 5.13. The van der Waals surface area contributed by atoms with E-state index in [0.29, 0.717) is 11.8 Å². The number of oxime groups is 1. The van der Waals surface area contributed by atoms with Crippen LogP contribution in [-0.2, 0) is 4.84 Å². The minimum atomic E-state index is 0.278. The lowest BCUT2D eigenvalue weighted by molar-refractivity contribution is 0.0654. The van der Waals surface area contributed by atoms with Gasteiger partial charge in [0.05, 0.1) is 5.71 Å². The Kier molecular flexibility index (Phi) is 1.97. The predicted octanol–water partition coefficient (Wildman–Crippen LogP) is 2.05. The van der Waals surface area contributed by atoms with Crippen molar-refractivity contribution in [3.63, 3.8) is 0 Å². The quantitative estimate of drug-likeness (QED) is 0.547. The van der Waals surface area contributed by atoms with Gasteiger partial charge in [0.25, 0.3) is 0 Å². The zero-order valence-electron chi connectivity index (χ0n) is 7.09. The van der Waals surface area contributed by atoms with Crippen LogP contribution in [0.5, 0.6) is 0 Å². The molecule has 2 atom stereocenters. The Labute approximate surface area is 62.3 Å². The van der Waals surface area contributed by atoms with Gasteiger partial charge in [-0.2, -0.15) is 0 Å². The van der Waals surface area contributed by atoms with Gasteiger partial charge in [0.15, 0.2) is 0 Å². The van der Waals surface area contributed by atoms with Crippen LogP contribution in [0.15, 0.2) is 5.16 Å². The fraction of sp³-hybridized carbons (Fsp3) is 0.875. The molecule has 0 bridgehead atoms. The van der Waals surface area contributed by atoms with Gasteiger partial charge in [0.1, 0.15) is 6.10 Å². The van der Waals surface area contributed by atoms with Gasteiger partial charge < -0.3 is 4.84 Å². The van der Waals surface area contributed by atoms with Crippen LogP contribution in [-0.4, -0.2) is 11.8 Å². The summed E-state index contributed by atoms with van der Waals surface area (Å²) in [6, 6.07) is 0. The third-order valence-electron chi connectivity index (χ3n) is 2.07. The molecule has 0 aromatic heterocycles. The number of rotatable bonds is 1. The highest BCUT2D eigenvalue weighted by atomic mass is 16.6. The molecule has 0 saturated carbocycles. The second-order valence-electron chi connectivity index (χ2n) is 3.31. The van der Waals surface area contributed by atoms with E-state index in [4.69, 9.17) is 4.84 Å². The number of hydrogen-bond acceptors (Lipinski definition) is 2. The Hall–Kier alpha value is -0.530. The molecular formula is C8H15NO. The Morgan fingerprint density at radius 2 is 2.10 bits per heavy atom. The minimum absolute atomic E-state index is 0.278. The predicted molar refractivity (Wildman–Crippen MR) is 42.0 cm³/mol. The van der Waals surface area contributed by atoms with Crippen molar-refractivity contribution < 1.29 is 4.84 Å². The Balaban J connectivity index is 2.64. The zero-order chi connectivity index (χ0) is 7.72. The highest BCUT2D eigenvalue weighted by Crippen LogP contribution is 2.24. The van der Waals surface area contributed by atoms with Crippen molar-refractivity contribution >= 4 is 5.71 Å². The first-order chi connectivity index (χ1) is 4.63. The smallest absolute Gasteiger partial charge is 0.133 e. The summed E-state index contributed by atoms with van der Waals surface area (Å²) in [5.41, 5.74) is 1.14. The van der Waals surface area contributed by atoms with Crippen molar-refractivity contribution in [1.82, 2.24) is 0 Å². The lowest BCUT2D eigenvalue weighted by atomic mass is 9.88. The van der Waals surface area contributed by atoms with Crippen LogP contribution in [0.4, 0.5) is 0 Å². The minimum Gasteiger partial charge on any atom is -0.392 e. The molecular weight excluding hydrogens is 126 g/mol. The largest absolute Gasteiger partial charge is 0.392 e. The third kappa shape index (κ3) is 1.15. The Morgan fingerprint density at radius 3 is 2.30 bits per heavy atom. The maximum Gasteiger partial charge on any atom is 0.133 e. The van der Waals surface area contributed by atoms with Gasteiger partial charge in [-0.15, -0.1) is 0 Å². The molecule has 1 aliphatic rings. The van der Waals surface area contributed by atoms with Gasteiger partial charge in [-0.1, -0.05) is 19.0 Å². The normalized spacial score (nSPS) is 32.3. The zero-order valence-corrected chi connectivity index (χ0v) is 7.09. The van der Waals surface area contributed by atoms with Crippen molar-refractivity contribution in [2.45, 2.75) is 33.8 Å². The second kappa shape index (κ2) is 2.60. The molecule has 2 unspecified atom stereocenters. The van der Waals surface area contributed by atoms with E-state index in [2.05, 4.69) is 25.9 Å². The molecule has 0 amide bonds. The van der Waals surface area contributed by atoms with E-state index in [1.165, 1.54) is 0 Å². The first-order valence-electron chi connectivity index (χ1n) is 3.83. The summed E-state index contributed by atoms with van der Waals surface area (Å²) in [5.74, 6) is 1.17. The number of nitrogens with zero attached hydrogens (tertiary/aromatic N) is 1. The van der Waals surface area contributed by atoms with Crippen LogP contribution in [0.1, 0.15) is 27.7 Å². The summed E-state index contributed by atoms with van der Waals surface area (Å²) < 4.78 is 0. The highest BCUT2D eigenvalue weighted by molar-refractivity contribution is 5.85. The third-order valence-corrected chi connectivity index (χ3v) is 2.07. The van der Waals surface area contributed by atoms with E-state index in [-0.39, 0.29) is 6.10 Å². The fourth-order valence-corrected chi connectivity index (χ4v) is 1.66. The van der Waals surface area contributed by atoms with Crippen LogP contribution >= 0.6 is 0 Å². The molecule has 0 radical (unpaired) electrons. The molecule has 1 heterocycles. The van der Waals surface area contributed by atoms with Crippen molar-refractivity contribution in [3.05, 3.63) is 0 Å². The molecule has 0 spiro atoms. The average Bonchev–Trinajstić information content (AvgIpc) is 2.11. The summed E-state index contributed by atoms with van der Waals surface area (Å²) in [6.07, 6.45) is 0.278. The van der Waals surface area contributed by atoms with E-state index in [9.17, 15) is 0 Å². The highest BCUT2D eigenvalue weighted by Gasteiger charge is 2.30. The van der Waals surface area contributed by atoms with Gasteiger partial charge in [-0.3, -0.25) is 0 Å². The van der Waals surface area contributed by atoms with Crippen LogP contribution in [0.25, 0.3) is 0 Å². The Bertz CT molecular complexity index is 151. The molecule has 1 rings (SSSR count). The molecule has 0 aromatic rings. The summed E-state index contributed by atoms with van der Waals surface area (Å²) >= 11 is 0. The molecule has 0 N–H and O–H groups in total. The van der Waals surface area contributed by atoms with Crippen LogP contribution in [0.3, 0.4) is 0 Å². The number of hydrogen-bond donors (Lipinski definition) is 0. The van der Waals surface area contributed by atoms with Crippen molar-refractivity contribution in [2.75, 3.05) is 0 Å². The molecule has 1 aliphatic heterocycles. The monoisotopic (exact) mass is 141 g/mol. The van der Waals surface area contributed by atoms with Gasteiger partial charge in [-0.05, 0) is 19.8 Å². The van der Waals surface area contributed by atoms with Gasteiger partial charge in [0, 0.05) is 5.92 Å². The van der Waals surface area contributed by atoms with Gasteiger partial charge in [0.2, 0.25) is 0 Å². The molecule has 0 saturated heterocycles. The van der Waals surface area contributed by atoms with Crippen molar-refractivity contribution in [1.29, 1.82) is 0 Å². The molecule has 2 nitrogen and oxygen atoms in total. The van der Waals surface area contributed by atoms with Gasteiger partial charge in [-0.25, -0.2) is 0 Å².